The summed E-state index contributed by atoms with van der Waals surface area (Å²) in [6.07, 6.45) is 2.24. The maximum Gasteiger partial charge on any atom is 0.277 e. The molecule has 0 spiro atoms. The second-order valence-corrected chi connectivity index (χ2v) is 8.81. The van der Waals surface area contributed by atoms with Gasteiger partial charge in [0.25, 0.3) is 5.91 Å². The fourth-order valence-corrected chi connectivity index (χ4v) is 4.81. The Morgan fingerprint density at radius 3 is 2.88 bits per heavy atom. The number of nitrogens with one attached hydrogen (secondary N) is 2. The maximum absolute atomic E-state index is 12.5. The van der Waals surface area contributed by atoms with Crippen LogP contribution in [0.25, 0.3) is 0 Å². The van der Waals surface area contributed by atoms with Crippen molar-refractivity contribution in [2.45, 2.75) is 43.6 Å². The van der Waals surface area contributed by atoms with Gasteiger partial charge in [0.1, 0.15) is 0 Å². The summed E-state index contributed by atoms with van der Waals surface area (Å²) in [5, 5.41) is 10.7. The van der Waals surface area contributed by atoms with Gasteiger partial charge < -0.3 is 10.1 Å². The quantitative estimate of drug-likeness (QED) is 0.669. The molecule has 0 atom stereocenters. The second-order valence-electron chi connectivity index (χ2n) is 6.73. The molecule has 1 amide bonds. The van der Waals surface area contributed by atoms with Crippen molar-refractivity contribution in [2.75, 3.05) is 18.5 Å². The van der Waals surface area contributed by atoms with Crippen molar-refractivity contribution in [2.24, 2.45) is 0 Å². The van der Waals surface area contributed by atoms with Crippen LogP contribution in [0.5, 0.6) is 0 Å². The summed E-state index contributed by atoms with van der Waals surface area (Å²) >= 11 is 5.45. The molecule has 26 heavy (non-hydrogen) atoms. The minimum absolute atomic E-state index is 0.214. The summed E-state index contributed by atoms with van der Waals surface area (Å²) in [4.78, 5) is 12.5. The fraction of sp³-hybridized carbons (Fsp3) is 0.474. The number of anilines is 1. The third-order valence-electron chi connectivity index (χ3n) is 4.36. The Labute approximate surface area is 166 Å². The maximum atomic E-state index is 12.5. The average Bonchev–Trinajstić information content (AvgIpc) is 3.03. The summed E-state index contributed by atoms with van der Waals surface area (Å²) in [6, 6.07) is 8.02. The molecule has 5 nitrogen and oxygen atoms in total. The molecule has 1 fully saturated rings. The third kappa shape index (κ3) is 4.90. The van der Waals surface area contributed by atoms with E-state index >= 15 is 0 Å². The predicted molar refractivity (Wildman–Crippen MR) is 110 cm³/mol. The first-order valence-corrected chi connectivity index (χ1v) is 10.7. The number of amides is 1. The summed E-state index contributed by atoms with van der Waals surface area (Å²) in [7, 11) is 0. The average molecular weight is 438 g/mol. The van der Waals surface area contributed by atoms with Crippen molar-refractivity contribution in [3.63, 3.8) is 0 Å². The van der Waals surface area contributed by atoms with Gasteiger partial charge in [0.2, 0.25) is 0 Å². The number of carbonyl (C=O) groups is 1. The second kappa shape index (κ2) is 9.06. The van der Waals surface area contributed by atoms with Crippen molar-refractivity contribution < 1.29 is 9.53 Å². The molecule has 2 aromatic rings. The first-order valence-electron chi connectivity index (χ1n) is 8.88. The lowest BCUT2D eigenvalue weighted by Gasteiger charge is -2.21. The number of halogens is 1. The molecular formula is C19H24BrN3O2S. The Bertz CT molecular complexity index is 757. The smallest absolute Gasteiger partial charge is 0.277 e. The van der Waals surface area contributed by atoms with Crippen molar-refractivity contribution in [3.05, 3.63) is 45.7 Å². The van der Waals surface area contributed by atoms with E-state index < -0.39 is 0 Å². The van der Waals surface area contributed by atoms with Gasteiger partial charge in [-0.05, 0) is 52.4 Å². The fourth-order valence-electron chi connectivity index (χ4n) is 2.86. The van der Waals surface area contributed by atoms with Crippen LogP contribution in [-0.4, -0.2) is 34.6 Å². The minimum atomic E-state index is -0.214. The van der Waals surface area contributed by atoms with Gasteiger partial charge in [-0.1, -0.05) is 26.0 Å². The van der Waals surface area contributed by atoms with Crippen LogP contribution in [0.15, 0.2) is 28.7 Å². The number of thioether (sulfide) groups is 1. The van der Waals surface area contributed by atoms with Crippen molar-refractivity contribution >= 4 is 39.3 Å². The van der Waals surface area contributed by atoms with E-state index in [1.807, 2.05) is 30.0 Å². The number of carbonyl (C=O) groups excluding carboxylic acids is 1. The highest BCUT2D eigenvalue weighted by atomic mass is 79.9. The highest BCUT2D eigenvalue weighted by Gasteiger charge is 2.19. The minimum Gasteiger partial charge on any atom is -0.381 e. The van der Waals surface area contributed by atoms with Gasteiger partial charge in [0, 0.05) is 29.9 Å². The molecule has 0 saturated carbocycles. The van der Waals surface area contributed by atoms with E-state index in [1.54, 1.807) is 0 Å². The zero-order valence-electron chi connectivity index (χ0n) is 15.0. The van der Waals surface area contributed by atoms with Gasteiger partial charge in [-0.15, -0.1) is 0 Å². The number of benzene rings is 1. The molecule has 1 aliphatic heterocycles. The Morgan fingerprint density at radius 2 is 2.19 bits per heavy atom. The zero-order chi connectivity index (χ0) is 18.5. The van der Waals surface area contributed by atoms with Gasteiger partial charge in [-0.3, -0.25) is 9.89 Å². The summed E-state index contributed by atoms with van der Waals surface area (Å²) in [6.45, 7) is 5.84. The van der Waals surface area contributed by atoms with Crippen molar-refractivity contribution in [1.82, 2.24) is 10.2 Å². The molecule has 0 aliphatic carbocycles. The van der Waals surface area contributed by atoms with Gasteiger partial charge in [0.15, 0.2) is 5.69 Å². The van der Waals surface area contributed by atoms with Crippen molar-refractivity contribution in [1.29, 1.82) is 0 Å². The number of H-pyrrole nitrogens is 1. The van der Waals surface area contributed by atoms with Crippen LogP contribution in [0.2, 0.25) is 0 Å². The number of nitrogens with zero attached hydrogens (tertiary/aromatic N) is 1. The molecule has 2 heterocycles. The van der Waals surface area contributed by atoms with E-state index in [4.69, 9.17) is 4.74 Å². The number of hydrogen-bond acceptors (Lipinski definition) is 4. The Morgan fingerprint density at radius 1 is 1.42 bits per heavy atom. The molecule has 7 heteroatoms. The normalized spacial score (nSPS) is 15.4. The van der Waals surface area contributed by atoms with Crippen molar-refractivity contribution in [3.8, 4) is 0 Å². The third-order valence-corrected chi connectivity index (χ3v) is 6.61. The van der Waals surface area contributed by atoms with E-state index in [2.05, 4.69) is 51.4 Å². The Hall–Kier alpha value is -1.31. The number of rotatable bonds is 6. The van der Waals surface area contributed by atoms with Gasteiger partial charge in [-0.2, -0.15) is 16.9 Å². The van der Waals surface area contributed by atoms with Gasteiger partial charge in [0.05, 0.1) is 10.2 Å². The molecule has 0 unspecified atom stereocenters. The largest absolute Gasteiger partial charge is 0.381 e. The molecule has 0 bridgehead atoms. The van der Waals surface area contributed by atoms with Gasteiger partial charge in [-0.25, -0.2) is 0 Å². The molecule has 1 aliphatic rings. The summed E-state index contributed by atoms with van der Waals surface area (Å²) in [5.41, 5.74) is 3.32. The van der Waals surface area contributed by atoms with Crippen LogP contribution < -0.4 is 5.32 Å². The van der Waals surface area contributed by atoms with E-state index in [1.165, 1.54) is 5.56 Å². The predicted octanol–water partition coefficient (Wildman–Crippen LogP) is 4.96. The summed E-state index contributed by atoms with van der Waals surface area (Å²) in [5.74, 6) is 0.996. The van der Waals surface area contributed by atoms with Crippen LogP contribution in [0.4, 0.5) is 5.69 Å². The van der Waals surface area contributed by atoms with Crippen LogP contribution in [0.3, 0.4) is 0 Å². The lowest BCUT2D eigenvalue weighted by atomic mass is 10.1. The highest BCUT2D eigenvalue weighted by Crippen LogP contribution is 2.28. The standard InChI is InChI=1S/C19H24BrN3O2S/c1-12(2)17-16(20)18(23-22-17)19(24)21-14-5-3-4-13(10-14)11-26-15-6-8-25-9-7-15/h3-5,10,12,15H,6-9,11H2,1-2H3,(H,21,24)(H,22,23). The Balaban J connectivity index is 1.62. The number of hydrogen-bond donors (Lipinski definition) is 2. The molecule has 0 radical (unpaired) electrons. The topological polar surface area (TPSA) is 67.0 Å². The molecular weight excluding hydrogens is 414 g/mol. The van der Waals surface area contributed by atoms with Crippen LogP contribution in [0, 0.1) is 0 Å². The van der Waals surface area contributed by atoms with E-state index in [9.17, 15) is 4.79 Å². The molecule has 2 N–H and O–H groups in total. The lowest BCUT2D eigenvalue weighted by molar-refractivity contribution is 0.0999. The van der Waals surface area contributed by atoms with Crippen LogP contribution in [0.1, 0.15) is 54.4 Å². The highest BCUT2D eigenvalue weighted by molar-refractivity contribution is 9.10. The first kappa shape index (κ1) is 19.5. The van der Waals surface area contributed by atoms with Gasteiger partial charge >= 0.3 is 0 Å². The van der Waals surface area contributed by atoms with Crippen LogP contribution >= 0.6 is 27.7 Å². The SMILES string of the molecule is CC(C)c1[nH]nc(C(=O)Nc2cccc(CSC3CCOCC3)c2)c1Br. The number of ether oxygens (including phenoxy) is 1. The first-order chi connectivity index (χ1) is 12.5. The zero-order valence-corrected chi connectivity index (χ0v) is 17.5. The molecule has 1 saturated heterocycles. The van der Waals surface area contributed by atoms with E-state index in [-0.39, 0.29) is 11.8 Å². The summed E-state index contributed by atoms with van der Waals surface area (Å²) < 4.78 is 6.14. The lowest BCUT2D eigenvalue weighted by Crippen LogP contribution is -2.17. The van der Waals surface area contributed by atoms with E-state index in [0.717, 1.165) is 47.7 Å². The molecule has 1 aromatic heterocycles. The number of aromatic nitrogens is 2. The molecule has 140 valence electrons. The number of aromatic amines is 1. The van der Waals surface area contributed by atoms with E-state index in [0.29, 0.717) is 10.9 Å². The monoisotopic (exact) mass is 437 g/mol. The van der Waals surface area contributed by atoms with Crippen LogP contribution in [-0.2, 0) is 10.5 Å². The molecule has 1 aromatic carbocycles. The molecule has 3 rings (SSSR count). The Kier molecular flexibility index (Phi) is 6.78.